The van der Waals surface area contributed by atoms with E-state index in [1.54, 1.807) is 0 Å². The zero-order valence-electron chi connectivity index (χ0n) is 10.6. The molecule has 0 aliphatic heterocycles. The molecule has 20 heavy (non-hydrogen) atoms. The van der Waals surface area contributed by atoms with Crippen molar-refractivity contribution in [2.24, 2.45) is 5.73 Å². The van der Waals surface area contributed by atoms with Crippen molar-refractivity contribution in [3.8, 4) is 0 Å². The summed E-state index contributed by atoms with van der Waals surface area (Å²) in [6.45, 7) is -0.471. The van der Waals surface area contributed by atoms with Gasteiger partial charge in [-0.1, -0.05) is 18.2 Å². The van der Waals surface area contributed by atoms with Crippen LogP contribution in [0.3, 0.4) is 0 Å². The molecule has 1 aromatic carbocycles. The van der Waals surface area contributed by atoms with Crippen LogP contribution in [0.1, 0.15) is 24.8 Å². The van der Waals surface area contributed by atoms with Gasteiger partial charge in [-0.15, -0.1) is 0 Å². The predicted molar refractivity (Wildman–Crippen MR) is 64.7 cm³/mol. The number of aliphatic carboxylic acids is 1. The Morgan fingerprint density at radius 1 is 1.20 bits per heavy atom. The molecule has 0 aromatic heterocycles. The lowest BCUT2D eigenvalue weighted by atomic mass is 9.76. The fraction of sp³-hybridized carbons (Fsp3) is 0.462. The molecule has 7 heteroatoms. The second-order valence-corrected chi connectivity index (χ2v) is 4.54. The lowest BCUT2D eigenvalue weighted by Gasteiger charge is -2.29. The molecular formula is C13H15F4NO2. The Morgan fingerprint density at radius 3 is 2.25 bits per heavy atom. The molecule has 0 radical (unpaired) electrons. The van der Waals surface area contributed by atoms with Gasteiger partial charge < -0.3 is 10.8 Å². The number of hydrogen-bond donors (Lipinski definition) is 2. The molecule has 0 fully saturated rings. The number of hydrogen-bond acceptors (Lipinski definition) is 2. The Kier molecular flexibility index (Phi) is 5.10. The zero-order chi connectivity index (χ0) is 15.4. The Hall–Kier alpha value is -1.63. The van der Waals surface area contributed by atoms with Crippen molar-refractivity contribution < 1.29 is 27.5 Å². The van der Waals surface area contributed by atoms with Gasteiger partial charge in [0.15, 0.2) is 0 Å². The first-order chi connectivity index (χ1) is 9.23. The zero-order valence-corrected chi connectivity index (χ0v) is 10.6. The summed E-state index contributed by atoms with van der Waals surface area (Å²) in [5.74, 6) is -2.21. The molecule has 0 aliphatic rings. The van der Waals surface area contributed by atoms with Crippen molar-refractivity contribution in [3.05, 3.63) is 35.6 Å². The highest BCUT2D eigenvalue weighted by molar-refractivity contribution is 5.81. The van der Waals surface area contributed by atoms with E-state index in [0.29, 0.717) is 0 Å². The normalized spacial score (nSPS) is 14.8. The van der Waals surface area contributed by atoms with E-state index in [2.05, 4.69) is 0 Å². The smallest absolute Gasteiger partial charge is 0.389 e. The van der Waals surface area contributed by atoms with Crippen LogP contribution in [0, 0.1) is 5.82 Å². The van der Waals surface area contributed by atoms with E-state index in [1.807, 2.05) is 0 Å². The number of nitrogens with two attached hydrogens (primary N) is 1. The highest BCUT2D eigenvalue weighted by Crippen LogP contribution is 2.33. The highest BCUT2D eigenvalue weighted by Gasteiger charge is 2.41. The number of carboxylic acid groups (broad SMARTS) is 1. The average Bonchev–Trinajstić information content (AvgIpc) is 2.34. The number of rotatable bonds is 6. The summed E-state index contributed by atoms with van der Waals surface area (Å²) in [6, 6.07) is 5.10. The van der Waals surface area contributed by atoms with Crippen molar-refractivity contribution in [2.75, 3.05) is 6.54 Å². The second kappa shape index (κ2) is 6.21. The first-order valence-electron chi connectivity index (χ1n) is 5.98. The van der Waals surface area contributed by atoms with Gasteiger partial charge in [-0.25, -0.2) is 4.39 Å². The third-order valence-corrected chi connectivity index (χ3v) is 3.21. The lowest BCUT2D eigenvalue weighted by molar-refractivity contribution is -0.147. The SMILES string of the molecule is NCC(CCCC(F)(F)F)(C(=O)O)c1ccccc1F. The van der Waals surface area contributed by atoms with Crippen LogP contribution in [0.15, 0.2) is 24.3 Å². The van der Waals surface area contributed by atoms with Gasteiger partial charge in [-0.05, 0) is 18.9 Å². The van der Waals surface area contributed by atoms with Crippen molar-refractivity contribution in [3.63, 3.8) is 0 Å². The molecule has 0 amide bonds. The number of carbonyl (C=O) groups is 1. The number of carboxylic acids is 1. The minimum Gasteiger partial charge on any atom is -0.481 e. The van der Waals surface area contributed by atoms with Gasteiger partial charge in [0.1, 0.15) is 11.2 Å². The fourth-order valence-corrected chi connectivity index (χ4v) is 2.10. The summed E-state index contributed by atoms with van der Waals surface area (Å²) < 4.78 is 50.2. The fourth-order valence-electron chi connectivity index (χ4n) is 2.10. The van der Waals surface area contributed by atoms with Crippen molar-refractivity contribution in [2.45, 2.75) is 30.9 Å². The maximum atomic E-state index is 13.8. The average molecular weight is 293 g/mol. The van der Waals surface area contributed by atoms with E-state index in [-0.39, 0.29) is 12.0 Å². The van der Waals surface area contributed by atoms with Crippen LogP contribution in [-0.4, -0.2) is 23.8 Å². The first kappa shape index (κ1) is 16.4. The molecule has 0 spiro atoms. The van der Waals surface area contributed by atoms with Gasteiger partial charge >= 0.3 is 12.1 Å². The van der Waals surface area contributed by atoms with Crippen molar-refractivity contribution >= 4 is 5.97 Å². The molecule has 112 valence electrons. The third kappa shape index (κ3) is 3.69. The number of alkyl halides is 3. The molecule has 0 saturated heterocycles. The Bertz CT molecular complexity index is 476. The van der Waals surface area contributed by atoms with E-state index in [1.165, 1.54) is 18.2 Å². The Morgan fingerprint density at radius 2 is 1.80 bits per heavy atom. The molecule has 0 saturated carbocycles. The summed E-state index contributed by atoms with van der Waals surface area (Å²) in [4.78, 5) is 11.4. The van der Waals surface area contributed by atoms with E-state index < -0.39 is 42.8 Å². The minimum absolute atomic E-state index is 0.183. The molecule has 1 rings (SSSR count). The van der Waals surface area contributed by atoms with Crippen LogP contribution < -0.4 is 5.73 Å². The summed E-state index contributed by atoms with van der Waals surface area (Å²) in [5.41, 5.74) is 3.41. The summed E-state index contributed by atoms with van der Waals surface area (Å²) >= 11 is 0. The minimum atomic E-state index is -4.38. The van der Waals surface area contributed by atoms with Crippen LogP contribution >= 0.6 is 0 Å². The lowest BCUT2D eigenvalue weighted by Crippen LogP contribution is -2.44. The predicted octanol–water partition coefficient (Wildman–Crippen LogP) is 2.84. The molecule has 0 heterocycles. The standard InChI is InChI=1S/C13H15F4NO2/c14-10-5-2-1-4-9(10)12(8-18,11(19)20)6-3-7-13(15,16)17/h1-2,4-5H,3,6-8,18H2,(H,19,20). The molecule has 0 aliphatic carbocycles. The molecule has 1 unspecified atom stereocenters. The van der Waals surface area contributed by atoms with E-state index in [9.17, 15) is 27.5 Å². The Balaban J connectivity index is 3.05. The third-order valence-electron chi connectivity index (χ3n) is 3.21. The quantitative estimate of drug-likeness (QED) is 0.793. The highest BCUT2D eigenvalue weighted by atomic mass is 19.4. The maximum absolute atomic E-state index is 13.8. The van der Waals surface area contributed by atoms with Gasteiger partial charge in [0.05, 0.1) is 0 Å². The number of halogens is 4. The van der Waals surface area contributed by atoms with Gasteiger partial charge in [0.25, 0.3) is 0 Å². The van der Waals surface area contributed by atoms with Crippen molar-refractivity contribution in [1.29, 1.82) is 0 Å². The monoisotopic (exact) mass is 293 g/mol. The summed E-state index contributed by atoms with van der Waals surface area (Å²) in [5, 5.41) is 9.30. The Labute approximate surface area is 113 Å². The van der Waals surface area contributed by atoms with Crippen LogP contribution in [-0.2, 0) is 10.2 Å². The maximum Gasteiger partial charge on any atom is 0.389 e. The second-order valence-electron chi connectivity index (χ2n) is 4.54. The van der Waals surface area contributed by atoms with Gasteiger partial charge in [-0.3, -0.25) is 4.79 Å². The van der Waals surface area contributed by atoms with Crippen LogP contribution in [0.25, 0.3) is 0 Å². The van der Waals surface area contributed by atoms with Gasteiger partial charge in [0.2, 0.25) is 0 Å². The van der Waals surface area contributed by atoms with Gasteiger partial charge in [0, 0.05) is 18.5 Å². The van der Waals surface area contributed by atoms with Crippen LogP contribution in [0.5, 0.6) is 0 Å². The van der Waals surface area contributed by atoms with Gasteiger partial charge in [-0.2, -0.15) is 13.2 Å². The number of benzene rings is 1. The first-order valence-corrected chi connectivity index (χ1v) is 5.98. The topological polar surface area (TPSA) is 63.3 Å². The van der Waals surface area contributed by atoms with E-state index in [0.717, 1.165) is 6.07 Å². The van der Waals surface area contributed by atoms with E-state index >= 15 is 0 Å². The van der Waals surface area contributed by atoms with E-state index in [4.69, 9.17) is 5.73 Å². The van der Waals surface area contributed by atoms with Crippen LogP contribution in [0.4, 0.5) is 17.6 Å². The summed E-state index contributed by atoms with van der Waals surface area (Å²) in [7, 11) is 0. The summed E-state index contributed by atoms with van der Waals surface area (Å²) in [6.07, 6.45) is -6.31. The molecular weight excluding hydrogens is 278 g/mol. The van der Waals surface area contributed by atoms with Crippen LogP contribution in [0.2, 0.25) is 0 Å². The molecule has 1 atom stereocenters. The molecule has 3 N–H and O–H groups in total. The molecule has 1 aromatic rings. The largest absolute Gasteiger partial charge is 0.481 e. The molecule has 3 nitrogen and oxygen atoms in total. The molecule has 0 bridgehead atoms. The van der Waals surface area contributed by atoms with Crippen molar-refractivity contribution in [1.82, 2.24) is 0 Å².